The van der Waals surface area contributed by atoms with Gasteiger partial charge in [-0.2, -0.15) is 4.98 Å². The number of hydrogen-bond donors (Lipinski definition) is 7. The van der Waals surface area contributed by atoms with Crippen molar-refractivity contribution in [2.75, 3.05) is 12.3 Å². The molecule has 0 aromatic carbocycles. The monoisotopic (exact) mass is 365 g/mol. The van der Waals surface area contributed by atoms with Crippen molar-refractivity contribution in [2.24, 2.45) is 0 Å². The van der Waals surface area contributed by atoms with Gasteiger partial charge < -0.3 is 40.5 Å². The van der Waals surface area contributed by atoms with E-state index in [9.17, 15) is 15.0 Å². The molecular formula is C9H17N3NaO9P. The molecule has 0 bridgehead atoms. The quantitative estimate of drug-likeness (QED) is 0.198. The van der Waals surface area contributed by atoms with Gasteiger partial charge in [0.15, 0.2) is 6.23 Å². The van der Waals surface area contributed by atoms with E-state index < -0.39 is 44.7 Å². The first kappa shape index (κ1) is 22.6. The van der Waals surface area contributed by atoms with Crippen molar-refractivity contribution in [1.82, 2.24) is 9.55 Å². The molecule has 0 aliphatic carbocycles. The van der Waals surface area contributed by atoms with Crippen LogP contribution in [0.4, 0.5) is 5.82 Å². The Hall–Kier alpha value is -0.370. The minimum absolute atomic E-state index is 0. The number of aliphatic hydroxyl groups is 3. The van der Waals surface area contributed by atoms with Crippen LogP contribution in [-0.2, 0) is 9.30 Å². The molecule has 4 atom stereocenters. The minimum atomic E-state index is -4.64. The Morgan fingerprint density at radius 3 is 2.22 bits per heavy atom. The number of nitrogen functional groups attached to an aromatic ring is 1. The molecule has 1 aliphatic heterocycles. The van der Waals surface area contributed by atoms with Gasteiger partial charge in [0, 0.05) is 6.20 Å². The molecule has 12 nitrogen and oxygen atoms in total. The Kier molecular flexibility index (Phi) is 9.05. The van der Waals surface area contributed by atoms with E-state index in [1.54, 1.807) is 0 Å². The molecule has 0 saturated carbocycles. The van der Waals surface area contributed by atoms with Crippen LogP contribution in [0.25, 0.3) is 0 Å². The van der Waals surface area contributed by atoms with Crippen molar-refractivity contribution in [3.8, 4) is 0 Å². The average Bonchev–Trinajstić information content (AvgIpc) is 2.64. The summed E-state index contributed by atoms with van der Waals surface area (Å²) in [6, 6.07) is 1.37. The first-order chi connectivity index (χ1) is 10.0. The number of phosphoric acid groups is 1. The van der Waals surface area contributed by atoms with E-state index in [2.05, 4.69) is 4.98 Å². The van der Waals surface area contributed by atoms with Gasteiger partial charge >= 0.3 is 43.1 Å². The Balaban J connectivity index is 0.000000709. The summed E-state index contributed by atoms with van der Waals surface area (Å²) in [6.45, 7) is -0.453. The zero-order chi connectivity index (χ0) is 17.1. The Labute approximate surface area is 151 Å². The Morgan fingerprint density at radius 2 is 1.83 bits per heavy atom. The van der Waals surface area contributed by atoms with Crippen molar-refractivity contribution in [2.45, 2.75) is 24.5 Å². The summed E-state index contributed by atoms with van der Waals surface area (Å²) in [5.74, 6) is 0.0537. The third-order valence-electron chi connectivity index (χ3n) is 2.64. The fourth-order valence-corrected chi connectivity index (χ4v) is 1.73. The van der Waals surface area contributed by atoms with Crippen LogP contribution >= 0.6 is 7.82 Å². The van der Waals surface area contributed by atoms with Gasteiger partial charge in [-0.25, -0.2) is 9.36 Å². The predicted octanol–water partition coefficient (Wildman–Crippen LogP) is -4.14. The zero-order valence-electron chi connectivity index (χ0n) is 11.0. The van der Waals surface area contributed by atoms with Crippen molar-refractivity contribution in [1.29, 1.82) is 0 Å². The first-order valence-electron chi connectivity index (χ1n) is 5.80. The number of anilines is 1. The molecule has 0 spiro atoms. The van der Waals surface area contributed by atoms with Crippen LogP contribution in [0.15, 0.2) is 17.1 Å². The first-order valence-corrected chi connectivity index (χ1v) is 7.36. The molecule has 2 rings (SSSR count). The van der Waals surface area contributed by atoms with Crippen LogP contribution in [-0.4, -0.2) is 94.0 Å². The number of nitrogens with two attached hydrogens (primary N) is 1. The van der Waals surface area contributed by atoms with Gasteiger partial charge in [-0.05, 0) is 6.07 Å². The fraction of sp³-hybridized carbons (Fsp3) is 0.556. The molecule has 1 fully saturated rings. The number of aliphatic hydroxyl groups excluding tert-OH is 3. The van der Waals surface area contributed by atoms with Crippen LogP contribution in [0, 0.1) is 0 Å². The van der Waals surface area contributed by atoms with E-state index >= 15 is 0 Å². The van der Waals surface area contributed by atoms with Crippen LogP contribution in [0.1, 0.15) is 6.23 Å². The molecule has 0 unspecified atom stereocenters. The van der Waals surface area contributed by atoms with Crippen LogP contribution in [0.2, 0.25) is 0 Å². The number of hydrogen-bond acceptors (Lipinski definition) is 8. The third kappa shape index (κ3) is 6.95. The van der Waals surface area contributed by atoms with E-state index in [-0.39, 0.29) is 35.4 Å². The van der Waals surface area contributed by atoms with Gasteiger partial charge in [-0.15, -0.1) is 0 Å². The van der Waals surface area contributed by atoms with Gasteiger partial charge in [0.2, 0.25) is 0 Å². The van der Waals surface area contributed by atoms with Crippen molar-refractivity contribution in [3.63, 3.8) is 0 Å². The average molecular weight is 365 g/mol. The van der Waals surface area contributed by atoms with E-state index in [4.69, 9.17) is 34.8 Å². The van der Waals surface area contributed by atoms with Gasteiger partial charge in [-0.1, -0.05) is 0 Å². The van der Waals surface area contributed by atoms with Gasteiger partial charge in [0.25, 0.3) is 0 Å². The Morgan fingerprint density at radius 1 is 1.30 bits per heavy atom. The maximum atomic E-state index is 11.5. The maximum absolute atomic E-state index is 11.5. The summed E-state index contributed by atoms with van der Waals surface area (Å²) in [7, 11) is -4.64. The predicted molar refractivity (Wildman–Crippen MR) is 77.3 cm³/mol. The van der Waals surface area contributed by atoms with Crippen molar-refractivity contribution < 1.29 is 39.3 Å². The summed E-state index contributed by atoms with van der Waals surface area (Å²) in [4.78, 5) is 36.6. The third-order valence-corrected chi connectivity index (χ3v) is 2.64. The number of nitrogens with zero attached hydrogens (tertiary/aromatic N) is 2. The molecule has 0 radical (unpaired) electrons. The van der Waals surface area contributed by atoms with Crippen LogP contribution < -0.4 is 11.4 Å². The van der Waals surface area contributed by atoms with E-state index in [1.807, 2.05) is 0 Å². The van der Waals surface area contributed by atoms with Crippen LogP contribution in [0.3, 0.4) is 0 Å². The van der Waals surface area contributed by atoms with E-state index in [0.29, 0.717) is 0 Å². The van der Waals surface area contributed by atoms with E-state index in [0.717, 1.165) is 4.57 Å². The summed E-state index contributed by atoms with van der Waals surface area (Å²) >= 11 is 0. The second-order valence-electron chi connectivity index (χ2n) is 4.28. The molecular weight excluding hydrogens is 348 g/mol. The molecule has 14 heteroatoms. The van der Waals surface area contributed by atoms with Crippen molar-refractivity contribution in [3.05, 3.63) is 22.7 Å². The zero-order valence-corrected chi connectivity index (χ0v) is 11.9. The topological polar surface area (TPSA) is 209 Å². The molecule has 128 valence electrons. The molecule has 0 amide bonds. The second-order valence-corrected chi connectivity index (χ2v) is 5.31. The molecule has 8 N–H and O–H groups in total. The van der Waals surface area contributed by atoms with E-state index in [1.165, 1.54) is 12.3 Å². The molecule has 23 heavy (non-hydrogen) atoms. The molecule has 1 aromatic rings. The second kappa shape index (κ2) is 9.20. The fourth-order valence-electron chi connectivity index (χ4n) is 1.73. The summed E-state index contributed by atoms with van der Waals surface area (Å²) in [5, 5.41) is 28.2. The number of ether oxygens (including phenoxy) is 1. The van der Waals surface area contributed by atoms with Gasteiger partial charge in [0.1, 0.15) is 24.1 Å². The summed E-state index contributed by atoms with van der Waals surface area (Å²) in [6.07, 6.45) is -3.27. The molecule has 2 heterocycles. The number of rotatable bonds is 2. The Bertz CT molecular complexity index is 600. The van der Waals surface area contributed by atoms with Gasteiger partial charge in [0.05, 0.1) is 6.61 Å². The normalized spacial score (nSPS) is 26.9. The van der Waals surface area contributed by atoms with Crippen molar-refractivity contribution >= 4 is 43.2 Å². The van der Waals surface area contributed by atoms with Crippen LogP contribution in [0.5, 0.6) is 0 Å². The SMILES string of the molecule is Nc1ccn([C@@H]2O[C@H](CO)[C@@H](O)[C@@H]2O)c(=O)n1.O=P(O)(O)O.[NaH]. The number of aromatic nitrogens is 2. The standard InChI is InChI=1S/C9H13N3O5.Na.H3O4P.H/c10-5-1-2-12(9(16)11-5)8-7(15)6(14)4(3-13)17-8;;1-5(2,3)4;/h1-2,4,6-8,13-15H,3H2,(H2,10,11,16);;(H3,1,2,3,4);/t4-,6-,7+,8-;;;/m1.../s1. The molecule has 1 aromatic heterocycles. The molecule has 1 saturated heterocycles. The molecule has 1 aliphatic rings. The van der Waals surface area contributed by atoms with Gasteiger partial charge in [-0.3, -0.25) is 4.57 Å². The summed E-state index contributed by atoms with van der Waals surface area (Å²) < 4.78 is 15.1. The summed E-state index contributed by atoms with van der Waals surface area (Å²) in [5.41, 5.74) is 4.63.